The summed E-state index contributed by atoms with van der Waals surface area (Å²) in [6, 6.07) is 3.29. The van der Waals surface area contributed by atoms with E-state index in [1.807, 2.05) is 0 Å². The third-order valence-electron chi connectivity index (χ3n) is 1.72. The van der Waals surface area contributed by atoms with Crippen molar-refractivity contribution in [2.45, 2.75) is 12.4 Å². The normalized spacial score (nSPS) is 22.4. The topological polar surface area (TPSA) is 51.8 Å². The van der Waals surface area contributed by atoms with Crippen molar-refractivity contribution in [1.29, 1.82) is 0 Å². The minimum absolute atomic E-state index is 0.294. The van der Waals surface area contributed by atoms with Crippen LogP contribution in [-0.4, -0.2) is 18.3 Å². The van der Waals surface area contributed by atoms with Crippen molar-refractivity contribution in [3.05, 3.63) is 24.2 Å². The van der Waals surface area contributed by atoms with Gasteiger partial charge in [0.2, 0.25) is 0 Å². The van der Waals surface area contributed by atoms with Crippen molar-refractivity contribution in [2.75, 3.05) is 13.2 Å². The molecule has 0 bridgehead atoms. The number of aliphatic hydroxyl groups is 1. The molecule has 4 heteroatoms. The molecule has 0 radical (unpaired) electrons. The standard InChI is InChI=1S/C8H10O4/c9-8(7-3-1-4-10-7)11-5-2-6-12-8/h1,3-4,9H,2,5-6H2. The van der Waals surface area contributed by atoms with Crippen LogP contribution in [0.2, 0.25) is 0 Å². The molecule has 0 aromatic carbocycles. The van der Waals surface area contributed by atoms with E-state index in [9.17, 15) is 5.11 Å². The Balaban J connectivity index is 2.19. The van der Waals surface area contributed by atoms with Crippen LogP contribution in [0.5, 0.6) is 0 Å². The summed E-state index contributed by atoms with van der Waals surface area (Å²) in [5, 5.41) is 9.69. The summed E-state index contributed by atoms with van der Waals surface area (Å²) in [6.07, 6.45) is 2.26. The molecule has 1 fully saturated rings. The smallest absolute Gasteiger partial charge is 0.343 e. The summed E-state index contributed by atoms with van der Waals surface area (Å²) in [5.74, 6) is -1.37. The molecule has 0 amide bonds. The van der Waals surface area contributed by atoms with Crippen LogP contribution < -0.4 is 0 Å². The maximum Gasteiger partial charge on any atom is 0.343 e. The summed E-state index contributed by atoms with van der Waals surface area (Å²) < 4.78 is 15.1. The molecular formula is C8H10O4. The zero-order valence-corrected chi connectivity index (χ0v) is 6.53. The Hall–Kier alpha value is -0.840. The van der Waals surface area contributed by atoms with Crippen molar-refractivity contribution in [1.82, 2.24) is 0 Å². The van der Waals surface area contributed by atoms with Crippen LogP contribution in [0.4, 0.5) is 0 Å². The van der Waals surface area contributed by atoms with E-state index in [1.54, 1.807) is 12.1 Å². The first kappa shape index (κ1) is 7.79. The first-order valence-electron chi connectivity index (χ1n) is 3.85. The Kier molecular flexibility index (Phi) is 1.88. The van der Waals surface area contributed by atoms with Gasteiger partial charge in [0.15, 0.2) is 5.76 Å². The third-order valence-corrected chi connectivity index (χ3v) is 1.72. The van der Waals surface area contributed by atoms with Crippen LogP contribution in [0.1, 0.15) is 12.2 Å². The zero-order valence-electron chi connectivity index (χ0n) is 6.53. The quantitative estimate of drug-likeness (QED) is 0.677. The first-order valence-corrected chi connectivity index (χ1v) is 3.85. The predicted molar refractivity (Wildman–Crippen MR) is 39.1 cm³/mol. The highest BCUT2D eigenvalue weighted by Gasteiger charge is 2.37. The van der Waals surface area contributed by atoms with E-state index in [1.165, 1.54) is 6.26 Å². The van der Waals surface area contributed by atoms with Crippen LogP contribution in [0.3, 0.4) is 0 Å². The van der Waals surface area contributed by atoms with E-state index in [0.29, 0.717) is 19.0 Å². The van der Waals surface area contributed by atoms with Gasteiger partial charge in [-0.25, -0.2) is 0 Å². The van der Waals surface area contributed by atoms with Crippen LogP contribution >= 0.6 is 0 Å². The molecule has 0 aliphatic carbocycles. The molecule has 12 heavy (non-hydrogen) atoms. The Morgan fingerprint density at radius 1 is 1.33 bits per heavy atom. The molecule has 4 nitrogen and oxygen atoms in total. The largest absolute Gasteiger partial charge is 0.461 e. The second-order valence-electron chi connectivity index (χ2n) is 2.61. The lowest BCUT2D eigenvalue weighted by molar-refractivity contribution is -0.400. The lowest BCUT2D eigenvalue weighted by Gasteiger charge is -2.29. The highest BCUT2D eigenvalue weighted by atomic mass is 16.8. The predicted octanol–water partition coefficient (Wildman–Crippen LogP) is 0.819. The molecule has 66 valence electrons. The number of hydrogen-bond donors (Lipinski definition) is 1. The molecule has 1 aromatic rings. The maximum absolute atomic E-state index is 9.69. The van der Waals surface area contributed by atoms with Gasteiger partial charge in [0, 0.05) is 0 Å². The van der Waals surface area contributed by atoms with E-state index < -0.39 is 5.97 Å². The molecule has 1 aliphatic heterocycles. The molecule has 0 saturated carbocycles. The van der Waals surface area contributed by atoms with Crippen molar-refractivity contribution in [3.8, 4) is 0 Å². The minimum Gasteiger partial charge on any atom is -0.461 e. The Labute approximate surface area is 69.7 Å². The molecule has 2 heterocycles. The van der Waals surface area contributed by atoms with Gasteiger partial charge in [-0.1, -0.05) is 0 Å². The molecule has 1 aliphatic rings. The van der Waals surface area contributed by atoms with Gasteiger partial charge in [0.25, 0.3) is 0 Å². The molecule has 0 spiro atoms. The van der Waals surface area contributed by atoms with Gasteiger partial charge < -0.3 is 19.0 Å². The molecule has 0 atom stereocenters. The van der Waals surface area contributed by atoms with E-state index in [2.05, 4.69) is 0 Å². The van der Waals surface area contributed by atoms with Crippen molar-refractivity contribution >= 4 is 0 Å². The number of rotatable bonds is 1. The fourth-order valence-electron chi connectivity index (χ4n) is 1.12. The van der Waals surface area contributed by atoms with Gasteiger partial charge in [-0.2, -0.15) is 0 Å². The number of ether oxygens (including phenoxy) is 2. The minimum atomic E-state index is -1.66. The Morgan fingerprint density at radius 2 is 2.08 bits per heavy atom. The van der Waals surface area contributed by atoms with Gasteiger partial charge in [-0.15, -0.1) is 0 Å². The third kappa shape index (κ3) is 1.24. The fourth-order valence-corrected chi connectivity index (χ4v) is 1.12. The Morgan fingerprint density at radius 3 is 2.67 bits per heavy atom. The molecular weight excluding hydrogens is 160 g/mol. The van der Waals surface area contributed by atoms with E-state index in [4.69, 9.17) is 13.9 Å². The van der Waals surface area contributed by atoms with Crippen LogP contribution in [0.15, 0.2) is 22.8 Å². The number of furan rings is 1. The molecule has 1 saturated heterocycles. The van der Waals surface area contributed by atoms with Gasteiger partial charge in [-0.3, -0.25) is 0 Å². The summed E-state index contributed by atoms with van der Waals surface area (Å²) in [6.45, 7) is 0.967. The van der Waals surface area contributed by atoms with Crippen LogP contribution in [-0.2, 0) is 15.4 Å². The lowest BCUT2D eigenvalue weighted by atomic mass is 10.3. The second kappa shape index (κ2) is 2.90. The maximum atomic E-state index is 9.69. The van der Waals surface area contributed by atoms with Crippen LogP contribution in [0.25, 0.3) is 0 Å². The average Bonchev–Trinajstić information content (AvgIpc) is 2.58. The number of hydrogen-bond acceptors (Lipinski definition) is 4. The first-order chi connectivity index (χ1) is 5.81. The summed E-state index contributed by atoms with van der Waals surface area (Å²) in [4.78, 5) is 0. The van der Waals surface area contributed by atoms with E-state index >= 15 is 0 Å². The second-order valence-corrected chi connectivity index (χ2v) is 2.61. The Bertz CT molecular complexity index is 236. The molecule has 0 unspecified atom stereocenters. The molecule has 2 rings (SSSR count). The van der Waals surface area contributed by atoms with Crippen LogP contribution in [0, 0.1) is 0 Å². The average molecular weight is 170 g/mol. The SMILES string of the molecule is OC1(c2ccco2)OCCCO1. The zero-order chi connectivity index (χ0) is 8.44. The summed E-state index contributed by atoms with van der Waals surface area (Å²) in [5.41, 5.74) is 0. The van der Waals surface area contributed by atoms with Crippen molar-refractivity contribution in [2.24, 2.45) is 0 Å². The lowest BCUT2D eigenvalue weighted by Crippen LogP contribution is -2.37. The monoisotopic (exact) mass is 170 g/mol. The summed E-state index contributed by atoms with van der Waals surface area (Å²) in [7, 11) is 0. The van der Waals surface area contributed by atoms with Crippen molar-refractivity contribution < 1.29 is 19.0 Å². The highest BCUT2D eigenvalue weighted by molar-refractivity contribution is 5.02. The van der Waals surface area contributed by atoms with Crippen molar-refractivity contribution in [3.63, 3.8) is 0 Å². The van der Waals surface area contributed by atoms with E-state index in [0.717, 1.165) is 6.42 Å². The van der Waals surface area contributed by atoms with Gasteiger partial charge in [0.1, 0.15) is 0 Å². The summed E-state index contributed by atoms with van der Waals surface area (Å²) >= 11 is 0. The van der Waals surface area contributed by atoms with E-state index in [-0.39, 0.29) is 0 Å². The fraction of sp³-hybridized carbons (Fsp3) is 0.500. The molecule has 1 N–H and O–H groups in total. The van der Waals surface area contributed by atoms with Gasteiger partial charge >= 0.3 is 5.97 Å². The van der Waals surface area contributed by atoms with Gasteiger partial charge in [0.05, 0.1) is 19.5 Å². The highest BCUT2D eigenvalue weighted by Crippen LogP contribution is 2.27. The molecule has 1 aromatic heterocycles. The van der Waals surface area contributed by atoms with Gasteiger partial charge in [-0.05, 0) is 18.6 Å².